The summed E-state index contributed by atoms with van der Waals surface area (Å²) in [6, 6.07) is 1.57. The van der Waals surface area contributed by atoms with Crippen LogP contribution >= 0.6 is 27.3 Å². The molecule has 12 heteroatoms. The van der Waals surface area contributed by atoms with Gasteiger partial charge in [-0.1, -0.05) is 0 Å². The lowest BCUT2D eigenvalue weighted by Gasteiger charge is -2.27. The van der Waals surface area contributed by atoms with Crippen LogP contribution in [0, 0.1) is 0 Å². The van der Waals surface area contributed by atoms with E-state index < -0.39 is 17.7 Å². The number of hydrogen-bond donors (Lipinski definition) is 3. The van der Waals surface area contributed by atoms with Crippen LogP contribution in [0.25, 0.3) is 10.6 Å². The average Bonchev–Trinajstić information content (AvgIpc) is 3.22. The fraction of sp³-hybridized carbons (Fsp3) is 0.421. The molecule has 0 unspecified atom stereocenters. The Balaban J connectivity index is 1.47. The number of carboxylic acid groups (broad SMARTS) is 1. The topological polar surface area (TPSA) is 128 Å². The minimum atomic E-state index is -0.912. The van der Waals surface area contributed by atoms with E-state index in [4.69, 9.17) is 0 Å². The Labute approximate surface area is 190 Å². The van der Waals surface area contributed by atoms with Gasteiger partial charge < -0.3 is 20.2 Å². The minimum Gasteiger partial charge on any atom is -0.465 e. The van der Waals surface area contributed by atoms with Crippen LogP contribution in [0.2, 0.25) is 0 Å². The highest BCUT2D eigenvalue weighted by atomic mass is 79.9. The molecule has 2 aromatic heterocycles. The smallest absolute Gasteiger partial charge is 0.407 e. The molecule has 1 saturated heterocycles. The number of aromatic nitrogens is 2. The number of nitrogens with one attached hydrogen (secondary N) is 2. The molecule has 4 heterocycles. The van der Waals surface area contributed by atoms with Gasteiger partial charge >= 0.3 is 12.1 Å². The van der Waals surface area contributed by atoms with Gasteiger partial charge in [0.05, 0.1) is 21.6 Å². The summed E-state index contributed by atoms with van der Waals surface area (Å²) < 4.78 is 0.734. The molecule has 0 aliphatic carbocycles. The number of rotatable bonds is 5. The fourth-order valence-electron chi connectivity index (χ4n) is 3.59. The standard InChI is InChI=1S/C19H21BrN6O4S/c1-19(2)15(27)24-17(28)26(19)6-4-21-16-22-8-11(20)14(23-16)13-7-10-9-25(18(29)30)5-3-12(10)31-13/h7-8H,3-6,9H2,1-2H3,(H,29,30)(H,21,22,23)(H,24,27,28). The number of anilines is 1. The second kappa shape index (κ2) is 8.08. The molecule has 2 aromatic rings. The van der Waals surface area contributed by atoms with Crippen molar-refractivity contribution >= 4 is 51.2 Å². The minimum absolute atomic E-state index is 0.317. The number of thiophene rings is 1. The van der Waals surface area contributed by atoms with Crippen molar-refractivity contribution in [3.8, 4) is 10.6 Å². The molecule has 0 bridgehead atoms. The number of carbonyl (C=O) groups is 3. The first-order valence-electron chi connectivity index (χ1n) is 9.66. The van der Waals surface area contributed by atoms with Crippen LogP contribution in [-0.4, -0.2) is 68.1 Å². The Hall–Kier alpha value is -2.73. The predicted molar refractivity (Wildman–Crippen MR) is 118 cm³/mol. The van der Waals surface area contributed by atoms with Crippen molar-refractivity contribution in [1.29, 1.82) is 0 Å². The van der Waals surface area contributed by atoms with Crippen LogP contribution in [0.15, 0.2) is 16.7 Å². The van der Waals surface area contributed by atoms with Crippen LogP contribution in [0.3, 0.4) is 0 Å². The molecule has 164 valence electrons. The van der Waals surface area contributed by atoms with Gasteiger partial charge in [-0.3, -0.25) is 10.1 Å². The zero-order valence-corrected chi connectivity index (χ0v) is 19.3. The predicted octanol–water partition coefficient (Wildman–Crippen LogP) is 2.75. The Bertz CT molecular complexity index is 1070. The largest absolute Gasteiger partial charge is 0.465 e. The van der Waals surface area contributed by atoms with Crippen LogP contribution in [0.5, 0.6) is 0 Å². The summed E-state index contributed by atoms with van der Waals surface area (Å²) in [5.74, 6) is 0.0864. The number of nitrogens with zero attached hydrogens (tertiary/aromatic N) is 4. The Morgan fingerprint density at radius 3 is 2.87 bits per heavy atom. The Kier molecular flexibility index (Phi) is 5.60. The first-order valence-corrected chi connectivity index (χ1v) is 11.3. The molecule has 4 amide bonds. The molecule has 0 atom stereocenters. The quantitative estimate of drug-likeness (QED) is 0.529. The lowest BCUT2D eigenvalue weighted by atomic mass is 10.0. The van der Waals surface area contributed by atoms with Crippen molar-refractivity contribution in [3.63, 3.8) is 0 Å². The van der Waals surface area contributed by atoms with Crippen molar-refractivity contribution in [2.75, 3.05) is 25.0 Å². The van der Waals surface area contributed by atoms with E-state index in [-0.39, 0.29) is 5.91 Å². The normalized spacial score (nSPS) is 17.5. The van der Waals surface area contributed by atoms with Gasteiger partial charge in [0, 0.05) is 30.7 Å². The van der Waals surface area contributed by atoms with E-state index >= 15 is 0 Å². The van der Waals surface area contributed by atoms with E-state index in [1.807, 2.05) is 6.07 Å². The summed E-state index contributed by atoms with van der Waals surface area (Å²) in [4.78, 5) is 49.0. The SMILES string of the molecule is CC1(C)C(=O)NC(=O)N1CCNc1ncc(Br)c(-c2cc3c(s2)CCN(C(=O)O)C3)n1. The third-order valence-electron chi connectivity index (χ3n) is 5.43. The number of fused-ring (bicyclic) bond motifs is 1. The summed E-state index contributed by atoms with van der Waals surface area (Å²) >= 11 is 5.10. The second-order valence-electron chi connectivity index (χ2n) is 7.80. The molecule has 0 saturated carbocycles. The summed E-state index contributed by atoms with van der Waals surface area (Å²) in [5.41, 5.74) is 0.818. The number of hydrogen-bond acceptors (Lipinski definition) is 7. The molecule has 3 N–H and O–H groups in total. The molecule has 0 radical (unpaired) electrons. The third kappa shape index (κ3) is 4.09. The molecule has 0 aromatic carbocycles. The van der Waals surface area contributed by atoms with Gasteiger partial charge in [-0.15, -0.1) is 11.3 Å². The summed E-state index contributed by atoms with van der Waals surface area (Å²) in [5, 5.41) is 14.7. The highest BCUT2D eigenvalue weighted by Gasteiger charge is 2.45. The van der Waals surface area contributed by atoms with Gasteiger partial charge in [-0.2, -0.15) is 0 Å². The highest BCUT2D eigenvalue weighted by Crippen LogP contribution is 2.37. The Morgan fingerprint density at radius 1 is 1.42 bits per heavy atom. The van der Waals surface area contributed by atoms with E-state index in [2.05, 4.69) is 36.5 Å². The van der Waals surface area contributed by atoms with Crippen LogP contribution in [0.4, 0.5) is 15.5 Å². The summed E-state index contributed by atoms with van der Waals surface area (Å²) in [6.07, 6.45) is 1.43. The summed E-state index contributed by atoms with van der Waals surface area (Å²) in [6.45, 7) is 4.96. The van der Waals surface area contributed by atoms with E-state index in [9.17, 15) is 19.5 Å². The number of halogens is 1. The number of imide groups is 1. The molecular formula is C19H21BrN6O4S. The fourth-order valence-corrected chi connectivity index (χ4v) is 5.30. The van der Waals surface area contributed by atoms with Gasteiger partial charge in [-0.05, 0) is 47.8 Å². The van der Waals surface area contributed by atoms with E-state index in [1.165, 1.54) is 14.7 Å². The van der Waals surface area contributed by atoms with E-state index in [1.54, 1.807) is 31.4 Å². The van der Waals surface area contributed by atoms with Gasteiger partial charge in [0.1, 0.15) is 5.54 Å². The molecule has 2 aliphatic rings. The van der Waals surface area contributed by atoms with Crippen LogP contribution in [-0.2, 0) is 17.8 Å². The summed E-state index contributed by atoms with van der Waals surface area (Å²) in [7, 11) is 0. The number of carbonyl (C=O) groups excluding carboxylic acids is 2. The maximum Gasteiger partial charge on any atom is 0.407 e. The average molecular weight is 509 g/mol. The highest BCUT2D eigenvalue weighted by molar-refractivity contribution is 9.10. The second-order valence-corrected chi connectivity index (χ2v) is 9.79. The molecule has 0 spiro atoms. The maximum absolute atomic E-state index is 12.0. The zero-order chi connectivity index (χ0) is 22.3. The van der Waals surface area contributed by atoms with Gasteiger partial charge in [0.2, 0.25) is 5.95 Å². The Morgan fingerprint density at radius 2 is 2.19 bits per heavy atom. The lowest BCUT2D eigenvalue weighted by Crippen LogP contribution is -2.46. The molecule has 2 aliphatic heterocycles. The van der Waals surface area contributed by atoms with Crippen molar-refractivity contribution < 1.29 is 19.5 Å². The number of urea groups is 1. The first-order chi connectivity index (χ1) is 14.7. The van der Waals surface area contributed by atoms with E-state index in [0.717, 1.165) is 14.9 Å². The van der Waals surface area contributed by atoms with Crippen molar-refractivity contribution in [2.45, 2.75) is 32.4 Å². The number of amides is 4. The van der Waals surface area contributed by atoms with Crippen molar-refractivity contribution in [2.24, 2.45) is 0 Å². The molecule has 4 rings (SSSR count). The third-order valence-corrected chi connectivity index (χ3v) is 7.25. The monoisotopic (exact) mass is 508 g/mol. The van der Waals surface area contributed by atoms with Crippen LogP contribution in [0.1, 0.15) is 24.3 Å². The first kappa shape index (κ1) is 21.5. The van der Waals surface area contributed by atoms with Gasteiger partial charge in [-0.25, -0.2) is 19.6 Å². The molecule has 1 fully saturated rings. The molecule has 31 heavy (non-hydrogen) atoms. The molecular weight excluding hydrogens is 488 g/mol. The van der Waals surface area contributed by atoms with Crippen LogP contribution < -0.4 is 10.6 Å². The van der Waals surface area contributed by atoms with Crippen molar-refractivity contribution in [1.82, 2.24) is 25.1 Å². The van der Waals surface area contributed by atoms with Gasteiger partial charge in [0.25, 0.3) is 5.91 Å². The van der Waals surface area contributed by atoms with Crippen molar-refractivity contribution in [3.05, 3.63) is 27.2 Å². The molecule has 10 nitrogen and oxygen atoms in total. The maximum atomic E-state index is 12.0. The van der Waals surface area contributed by atoms with E-state index in [0.29, 0.717) is 44.2 Å². The van der Waals surface area contributed by atoms with Gasteiger partial charge in [0.15, 0.2) is 0 Å². The lowest BCUT2D eigenvalue weighted by molar-refractivity contribution is -0.125. The zero-order valence-electron chi connectivity index (χ0n) is 16.9.